The average Bonchev–Trinajstić information content (AvgIpc) is 3.16. The highest BCUT2D eigenvalue weighted by Gasteiger charge is 2.33. The maximum Gasteiger partial charge on any atom is 0.433 e. The molecule has 0 saturated carbocycles. The molecule has 1 fully saturated rings. The maximum atomic E-state index is 12.9. The Kier molecular flexibility index (Phi) is 5.83. The lowest BCUT2D eigenvalue weighted by Gasteiger charge is -2.21. The van der Waals surface area contributed by atoms with Crippen LogP contribution in [0.4, 0.5) is 13.2 Å². The van der Waals surface area contributed by atoms with Crippen LogP contribution in [-0.2, 0) is 23.4 Å². The van der Waals surface area contributed by atoms with Gasteiger partial charge in [-0.3, -0.25) is 13.7 Å². The van der Waals surface area contributed by atoms with E-state index in [2.05, 4.69) is 10.1 Å². The average molecular weight is 451 g/mol. The van der Waals surface area contributed by atoms with Crippen LogP contribution in [0.15, 0.2) is 36.5 Å². The van der Waals surface area contributed by atoms with Gasteiger partial charge < -0.3 is 4.74 Å². The summed E-state index contributed by atoms with van der Waals surface area (Å²) in [5, 5.41) is 5.40. The molecule has 4 rings (SSSR count). The van der Waals surface area contributed by atoms with Gasteiger partial charge in [-0.05, 0) is 31.0 Å². The lowest BCUT2D eigenvalue weighted by atomic mass is 10.0. The monoisotopic (exact) mass is 451 g/mol. The molecule has 3 aromatic rings. The Balaban J connectivity index is 1.61. The predicted octanol–water partition coefficient (Wildman–Crippen LogP) is 3.97. The van der Waals surface area contributed by atoms with Crippen molar-refractivity contribution in [2.24, 2.45) is 0 Å². The zero-order valence-corrected chi connectivity index (χ0v) is 17.5. The Hall–Kier alpha value is -2.75. The molecular weight excluding hydrogens is 431 g/mol. The van der Waals surface area contributed by atoms with E-state index in [1.807, 2.05) is 10.9 Å². The van der Waals surface area contributed by atoms with Crippen molar-refractivity contribution in [1.82, 2.24) is 14.8 Å². The topological polar surface area (TPSA) is 74.1 Å². The molecule has 10 heteroatoms. The summed E-state index contributed by atoms with van der Waals surface area (Å²) in [6.07, 6.45) is -1.33. The van der Waals surface area contributed by atoms with E-state index in [1.54, 1.807) is 12.1 Å². The molecule has 0 bridgehead atoms. The third-order valence-electron chi connectivity index (χ3n) is 5.33. The van der Waals surface area contributed by atoms with Gasteiger partial charge in [-0.15, -0.1) is 0 Å². The number of pyridine rings is 1. The van der Waals surface area contributed by atoms with Crippen LogP contribution < -0.4 is 4.74 Å². The Morgan fingerprint density at radius 3 is 2.68 bits per heavy atom. The lowest BCUT2D eigenvalue weighted by molar-refractivity contribution is -0.141. The smallest absolute Gasteiger partial charge is 0.433 e. The minimum atomic E-state index is -4.62. The van der Waals surface area contributed by atoms with Gasteiger partial charge in [0, 0.05) is 51.9 Å². The highest BCUT2D eigenvalue weighted by atomic mass is 32.2. The molecule has 0 spiro atoms. The largest absolute Gasteiger partial charge is 0.496 e. The summed E-state index contributed by atoms with van der Waals surface area (Å²) in [6.45, 7) is 0. The van der Waals surface area contributed by atoms with Crippen LogP contribution in [0.5, 0.6) is 5.75 Å². The Labute approximate surface area is 178 Å². The van der Waals surface area contributed by atoms with Gasteiger partial charge in [-0.1, -0.05) is 6.07 Å². The summed E-state index contributed by atoms with van der Waals surface area (Å²) in [4.78, 5) is 16.1. The highest BCUT2D eigenvalue weighted by molar-refractivity contribution is 7.85. The first-order valence-electron chi connectivity index (χ1n) is 9.73. The third kappa shape index (κ3) is 4.63. The molecule has 0 aliphatic carbocycles. The number of carbonyl (C=O) groups is 1. The Morgan fingerprint density at radius 1 is 1.26 bits per heavy atom. The van der Waals surface area contributed by atoms with E-state index < -0.39 is 28.5 Å². The number of aromatic nitrogens is 3. The molecule has 0 radical (unpaired) electrons. The number of ether oxygens (including phenoxy) is 1. The van der Waals surface area contributed by atoms with Crippen LogP contribution in [0.2, 0.25) is 0 Å². The summed E-state index contributed by atoms with van der Waals surface area (Å²) >= 11 is 0. The van der Waals surface area contributed by atoms with Gasteiger partial charge >= 0.3 is 6.18 Å². The van der Waals surface area contributed by atoms with E-state index in [4.69, 9.17) is 4.74 Å². The molecule has 1 saturated heterocycles. The molecule has 3 heterocycles. The molecular formula is C21H20F3N3O3S. The predicted molar refractivity (Wildman–Crippen MR) is 110 cm³/mol. The van der Waals surface area contributed by atoms with E-state index in [0.29, 0.717) is 28.3 Å². The lowest BCUT2D eigenvalue weighted by Crippen LogP contribution is -2.21. The summed E-state index contributed by atoms with van der Waals surface area (Å²) in [5.41, 5.74) is -0.112. The first-order chi connectivity index (χ1) is 14.7. The summed E-state index contributed by atoms with van der Waals surface area (Å²) in [7, 11) is 0.695. The molecule has 2 aromatic heterocycles. The number of hydrogen-bond donors (Lipinski definition) is 0. The van der Waals surface area contributed by atoms with Crippen molar-refractivity contribution < 1.29 is 26.9 Å². The Bertz CT molecular complexity index is 1150. The number of alkyl halides is 3. The minimum absolute atomic E-state index is 0.152. The van der Waals surface area contributed by atoms with Crippen LogP contribution in [-0.4, -0.2) is 43.4 Å². The van der Waals surface area contributed by atoms with E-state index in [9.17, 15) is 22.2 Å². The van der Waals surface area contributed by atoms with E-state index in [0.717, 1.165) is 24.3 Å². The molecule has 1 aliphatic rings. The molecule has 31 heavy (non-hydrogen) atoms. The second kappa shape index (κ2) is 8.41. The summed E-state index contributed by atoms with van der Waals surface area (Å²) < 4.78 is 57.6. The second-order valence-electron chi connectivity index (χ2n) is 7.42. The van der Waals surface area contributed by atoms with Crippen LogP contribution >= 0.6 is 0 Å². The first kappa shape index (κ1) is 21.5. The second-order valence-corrected chi connectivity index (χ2v) is 9.11. The first-order valence-corrected chi connectivity index (χ1v) is 11.2. The molecule has 0 N–H and O–H groups in total. The van der Waals surface area contributed by atoms with E-state index >= 15 is 0 Å². The van der Waals surface area contributed by atoms with Crippen LogP contribution in [0.25, 0.3) is 10.9 Å². The van der Waals surface area contributed by atoms with Gasteiger partial charge in [0.1, 0.15) is 17.1 Å². The number of methoxy groups -OCH3 is 1. The molecule has 0 amide bonds. The maximum absolute atomic E-state index is 12.9. The molecule has 164 valence electrons. The zero-order chi connectivity index (χ0) is 22.2. The number of Topliss-reactive ketones (excluding diaryl/α,β-unsaturated/α-hetero) is 1. The SMILES string of the molecule is COc1cc2nn(C3CCS(=O)CC3)cc2cc1CC(=O)c1cccc(C(F)(F)F)n1. The van der Waals surface area contributed by atoms with Crippen molar-refractivity contribution >= 4 is 27.5 Å². The quantitative estimate of drug-likeness (QED) is 0.549. The van der Waals surface area contributed by atoms with Crippen LogP contribution in [0.1, 0.15) is 40.6 Å². The van der Waals surface area contributed by atoms with Gasteiger partial charge in [0.2, 0.25) is 0 Å². The normalized spacial score (nSPS) is 19.5. The number of halogens is 3. The van der Waals surface area contributed by atoms with Crippen molar-refractivity contribution in [1.29, 1.82) is 0 Å². The number of benzene rings is 1. The fraction of sp³-hybridized carbons (Fsp3) is 0.381. The number of fused-ring (bicyclic) bond motifs is 1. The molecule has 0 unspecified atom stereocenters. The highest BCUT2D eigenvalue weighted by Crippen LogP contribution is 2.30. The fourth-order valence-electron chi connectivity index (χ4n) is 3.69. The van der Waals surface area contributed by atoms with Gasteiger partial charge in [0.15, 0.2) is 5.78 Å². The van der Waals surface area contributed by atoms with Crippen LogP contribution in [0.3, 0.4) is 0 Å². The van der Waals surface area contributed by atoms with Gasteiger partial charge in [-0.25, -0.2) is 4.98 Å². The van der Waals surface area contributed by atoms with Crippen LogP contribution in [0, 0.1) is 0 Å². The summed E-state index contributed by atoms with van der Waals surface area (Å²) in [5.74, 6) is 1.19. The van der Waals surface area contributed by atoms with Crippen molar-refractivity contribution in [3.05, 3.63) is 53.5 Å². The number of ketones is 1. The van der Waals surface area contributed by atoms with Crippen molar-refractivity contribution in [3.8, 4) is 5.75 Å². The van der Waals surface area contributed by atoms with E-state index in [1.165, 1.54) is 19.2 Å². The number of hydrogen-bond acceptors (Lipinski definition) is 5. The van der Waals surface area contributed by atoms with Crippen molar-refractivity contribution in [2.45, 2.75) is 31.5 Å². The molecule has 1 aliphatic heterocycles. The van der Waals surface area contributed by atoms with E-state index in [-0.39, 0.29) is 18.2 Å². The van der Waals surface area contributed by atoms with Crippen molar-refractivity contribution in [2.75, 3.05) is 18.6 Å². The zero-order valence-electron chi connectivity index (χ0n) is 16.7. The number of rotatable bonds is 5. The standard InChI is InChI=1S/C21H20F3N3O3S/c1-30-19-11-17-14(12-27(26-17)15-5-7-31(29)8-6-15)9-13(19)10-18(28)16-3-2-4-20(25-16)21(22,23)24/h2-4,9,11-12,15H,5-8,10H2,1H3. The van der Waals surface area contributed by atoms with Gasteiger partial charge in [0.05, 0.1) is 18.7 Å². The number of nitrogens with zero attached hydrogens (tertiary/aromatic N) is 3. The molecule has 0 atom stereocenters. The third-order valence-corrected chi connectivity index (χ3v) is 6.71. The fourth-order valence-corrected chi connectivity index (χ4v) is 4.97. The number of carbonyl (C=O) groups excluding carboxylic acids is 1. The summed E-state index contributed by atoms with van der Waals surface area (Å²) in [6, 6.07) is 6.92. The Morgan fingerprint density at radius 2 is 2.00 bits per heavy atom. The molecule has 1 aromatic carbocycles. The molecule has 6 nitrogen and oxygen atoms in total. The van der Waals surface area contributed by atoms with Crippen molar-refractivity contribution in [3.63, 3.8) is 0 Å². The minimum Gasteiger partial charge on any atom is -0.496 e. The van der Waals surface area contributed by atoms with Gasteiger partial charge in [-0.2, -0.15) is 18.3 Å². The van der Waals surface area contributed by atoms with Gasteiger partial charge in [0.25, 0.3) is 0 Å².